The van der Waals surface area contributed by atoms with E-state index in [0.717, 1.165) is 6.42 Å². The molecule has 0 aromatic heterocycles. The molecule has 2 unspecified atom stereocenters. The van der Waals surface area contributed by atoms with Crippen LogP contribution in [-0.2, 0) is 0 Å². The van der Waals surface area contributed by atoms with Crippen LogP contribution in [0.5, 0.6) is 0 Å². The van der Waals surface area contributed by atoms with Crippen LogP contribution in [0.3, 0.4) is 0 Å². The molecule has 2 rings (SSSR count). The zero-order valence-corrected chi connectivity index (χ0v) is 7.97. The summed E-state index contributed by atoms with van der Waals surface area (Å²) in [5.74, 6) is 0. The molecular formula is C10H13NS. The van der Waals surface area contributed by atoms with Crippen LogP contribution in [0.4, 0.5) is 0 Å². The summed E-state index contributed by atoms with van der Waals surface area (Å²) >= 11 is 1.94. The Hall–Kier alpha value is -0.470. The Morgan fingerprint density at radius 3 is 3.00 bits per heavy atom. The maximum Gasteiger partial charge on any atom is 0.0316 e. The van der Waals surface area contributed by atoms with Crippen molar-refractivity contribution in [3.63, 3.8) is 0 Å². The summed E-state index contributed by atoms with van der Waals surface area (Å²) < 4.78 is 0. The highest BCUT2D eigenvalue weighted by Crippen LogP contribution is 2.38. The van der Waals surface area contributed by atoms with Crippen LogP contribution >= 0.6 is 11.8 Å². The van der Waals surface area contributed by atoms with Gasteiger partial charge in [0.2, 0.25) is 0 Å². The molecule has 0 aliphatic carbocycles. The number of benzene rings is 1. The summed E-state index contributed by atoms with van der Waals surface area (Å²) in [5.41, 5.74) is 7.34. The monoisotopic (exact) mass is 179 g/mol. The molecule has 0 saturated heterocycles. The molecule has 2 N–H and O–H groups in total. The first kappa shape index (κ1) is 8.14. The van der Waals surface area contributed by atoms with Crippen LogP contribution in [0.2, 0.25) is 0 Å². The lowest BCUT2D eigenvalue weighted by Gasteiger charge is -2.26. The highest BCUT2D eigenvalue weighted by Gasteiger charge is 2.21. The summed E-state index contributed by atoms with van der Waals surface area (Å²) in [6.45, 7) is 2.24. The maximum atomic E-state index is 6.02. The van der Waals surface area contributed by atoms with E-state index in [-0.39, 0.29) is 6.04 Å². The first-order valence-electron chi connectivity index (χ1n) is 4.28. The van der Waals surface area contributed by atoms with E-state index in [1.54, 1.807) is 0 Å². The molecule has 1 nitrogen and oxygen atoms in total. The third-order valence-corrected chi connectivity index (χ3v) is 3.45. The van der Waals surface area contributed by atoms with Gasteiger partial charge in [-0.1, -0.05) is 25.1 Å². The van der Waals surface area contributed by atoms with Crippen LogP contribution in [0.1, 0.15) is 24.9 Å². The fraction of sp³-hybridized carbons (Fsp3) is 0.400. The second kappa shape index (κ2) is 3.11. The highest BCUT2D eigenvalue weighted by atomic mass is 32.2. The zero-order valence-electron chi connectivity index (χ0n) is 7.16. The van der Waals surface area contributed by atoms with Gasteiger partial charge >= 0.3 is 0 Å². The van der Waals surface area contributed by atoms with Gasteiger partial charge in [0.05, 0.1) is 0 Å². The molecule has 2 heteroatoms. The lowest BCUT2D eigenvalue weighted by molar-refractivity contribution is 0.625. The average Bonchev–Trinajstić information content (AvgIpc) is 2.04. The second-order valence-electron chi connectivity index (χ2n) is 3.31. The normalized spacial score (nSPS) is 28.2. The van der Waals surface area contributed by atoms with Crippen molar-refractivity contribution in [1.29, 1.82) is 0 Å². The Balaban J connectivity index is 2.40. The molecule has 0 spiro atoms. The third kappa shape index (κ3) is 1.37. The molecule has 0 bridgehead atoms. The summed E-state index contributed by atoms with van der Waals surface area (Å²) in [4.78, 5) is 1.36. The van der Waals surface area contributed by atoms with Crippen molar-refractivity contribution in [3.05, 3.63) is 29.8 Å². The van der Waals surface area contributed by atoms with Crippen molar-refractivity contribution in [1.82, 2.24) is 0 Å². The van der Waals surface area contributed by atoms with Gasteiger partial charge in [-0.05, 0) is 18.1 Å². The number of thioether (sulfide) groups is 1. The van der Waals surface area contributed by atoms with Crippen LogP contribution < -0.4 is 5.73 Å². The first-order chi connectivity index (χ1) is 5.77. The van der Waals surface area contributed by atoms with Gasteiger partial charge < -0.3 is 5.73 Å². The molecule has 1 aromatic rings. The Morgan fingerprint density at radius 2 is 2.17 bits per heavy atom. The number of rotatable bonds is 0. The Labute approximate surface area is 77.3 Å². The van der Waals surface area contributed by atoms with E-state index in [9.17, 15) is 0 Å². The van der Waals surface area contributed by atoms with Gasteiger partial charge in [0.25, 0.3) is 0 Å². The summed E-state index contributed by atoms with van der Waals surface area (Å²) in [6, 6.07) is 8.69. The van der Waals surface area contributed by atoms with Crippen LogP contribution in [-0.4, -0.2) is 5.25 Å². The molecular weight excluding hydrogens is 166 g/mol. The lowest BCUT2D eigenvalue weighted by atomic mass is 10.0. The summed E-state index contributed by atoms with van der Waals surface area (Å²) in [6.07, 6.45) is 1.10. The van der Waals surface area contributed by atoms with Crippen molar-refractivity contribution >= 4 is 11.8 Å². The van der Waals surface area contributed by atoms with Gasteiger partial charge in [0.1, 0.15) is 0 Å². The summed E-state index contributed by atoms with van der Waals surface area (Å²) in [7, 11) is 0. The molecule has 1 aliphatic heterocycles. The smallest absolute Gasteiger partial charge is 0.0316 e. The molecule has 1 aromatic carbocycles. The molecule has 0 amide bonds. The fourth-order valence-electron chi connectivity index (χ4n) is 1.64. The SMILES string of the molecule is CC1CC(N)c2ccccc2S1. The number of fused-ring (bicyclic) bond motifs is 1. The third-order valence-electron chi connectivity index (χ3n) is 2.23. The van der Waals surface area contributed by atoms with Crippen molar-refractivity contribution in [2.75, 3.05) is 0 Å². The molecule has 64 valence electrons. The molecule has 12 heavy (non-hydrogen) atoms. The minimum absolute atomic E-state index is 0.248. The van der Waals surface area contributed by atoms with Crippen LogP contribution in [0, 0.1) is 0 Å². The van der Waals surface area contributed by atoms with E-state index in [1.807, 2.05) is 11.8 Å². The van der Waals surface area contributed by atoms with E-state index < -0.39 is 0 Å². The van der Waals surface area contributed by atoms with Gasteiger partial charge in [-0.25, -0.2) is 0 Å². The quantitative estimate of drug-likeness (QED) is 0.662. The lowest BCUT2D eigenvalue weighted by Crippen LogP contribution is -2.20. The fourth-order valence-corrected chi connectivity index (χ4v) is 2.89. The van der Waals surface area contributed by atoms with Gasteiger partial charge in [0.15, 0.2) is 0 Å². The molecule has 0 radical (unpaired) electrons. The van der Waals surface area contributed by atoms with E-state index >= 15 is 0 Å². The Bertz CT molecular complexity index is 285. The summed E-state index contributed by atoms with van der Waals surface area (Å²) in [5, 5.41) is 0.662. The number of hydrogen-bond donors (Lipinski definition) is 1. The van der Waals surface area contributed by atoms with Gasteiger partial charge in [-0.3, -0.25) is 0 Å². The second-order valence-corrected chi connectivity index (χ2v) is 4.79. The highest BCUT2D eigenvalue weighted by molar-refractivity contribution is 8.00. The van der Waals surface area contributed by atoms with Crippen molar-refractivity contribution in [3.8, 4) is 0 Å². The van der Waals surface area contributed by atoms with Crippen LogP contribution in [0.25, 0.3) is 0 Å². The molecule has 0 fully saturated rings. The molecule has 0 saturated carbocycles. The molecule has 1 heterocycles. The van der Waals surface area contributed by atoms with Gasteiger partial charge in [0, 0.05) is 16.2 Å². The zero-order chi connectivity index (χ0) is 8.55. The first-order valence-corrected chi connectivity index (χ1v) is 5.16. The minimum atomic E-state index is 0.248. The van der Waals surface area contributed by atoms with E-state index in [2.05, 4.69) is 31.2 Å². The average molecular weight is 179 g/mol. The van der Waals surface area contributed by atoms with Gasteiger partial charge in [-0.15, -0.1) is 11.8 Å². The number of hydrogen-bond acceptors (Lipinski definition) is 2. The number of nitrogens with two attached hydrogens (primary N) is 1. The van der Waals surface area contributed by atoms with Crippen LogP contribution in [0.15, 0.2) is 29.2 Å². The van der Waals surface area contributed by atoms with Crippen molar-refractivity contribution in [2.45, 2.75) is 29.5 Å². The van der Waals surface area contributed by atoms with Crippen molar-refractivity contribution in [2.24, 2.45) is 5.73 Å². The standard InChI is InChI=1S/C10H13NS/c1-7-6-9(11)8-4-2-3-5-10(8)12-7/h2-5,7,9H,6,11H2,1H3. The molecule has 1 aliphatic rings. The Morgan fingerprint density at radius 1 is 1.42 bits per heavy atom. The topological polar surface area (TPSA) is 26.0 Å². The van der Waals surface area contributed by atoms with Gasteiger partial charge in [-0.2, -0.15) is 0 Å². The van der Waals surface area contributed by atoms with E-state index in [0.29, 0.717) is 5.25 Å². The van der Waals surface area contributed by atoms with E-state index in [4.69, 9.17) is 5.73 Å². The van der Waals surface area contributed by atoms with Crippen molar-refractivity contribution < 1.29 is 0 Å². The predicted octanol–water partition coefficient (Wildman–Crippen LogP) is 2.57. The maximum absolute atomic E-state index is 6.02. The predicted molar refractivity (Wildman–Crippen MR) is 53.3 cm³/mol. The Kier molecular flexibility index (Phi) is 2.11. The minimum Gasteiger partial charge on any atom is -0.324 e. The largest absolute Gasteiger partial charge is 0.324 e. The van der Waals surface area contributed by atoms with E-state index in [1.165, 1.54) is 10.5 Å². The molecule has 2 atom stereocenters.